The minimum atomic E-state index is -3.83. The van der Waals surface area contributed by atoms with Gasteiger partial charge in [0.2, 0.25) is 10.0 Å². The molecule has 1 rings (SSSR count). The van der Waals surface area contributed by atoms with E-state index in [1.54, 1.807) is 0 Å². The molecule has 0 aliphatic carbocycles. The van der Waals surface area contributed by atoms with Gasteiger partial charge < -0.3 is 10.5 Å². The molecule has 1 aromatic carbocycles. The monoisotopic (exact) mass is 382 g/mol. The van der Waals surface area contributed by atoms with Crippen LogP contribution in [0.15, 0.2) is 21.5 Å². The standard InChI is InChI=1S/C13H20BrFN2O3S/c1-4-20-7-12(8(2)3)17-21(18,19)13-6-11(16)10(15)5-9(13)14/h5-6,8,12,17H,4,7,16H2,1-3H3. The lowest BCUT2D eigenvalue weighted by Crippen LogP contribution is -2.42. The number of nitrogen functional groups attached to an aromatic ring is 1. The molecule has 0 saturated heterocycles. The lowest BCUT2D eigenvalue weighted by molar-refractivity contribution is 0.116. The van der Waals surface area contributed by atoms with E-state index in [-0.39, 0.29) is 33.6 Å². The van der Waals surface area contributed by atoms with Crippen LogP contribution in [0.25, 0.3) is 0 Å². The van der Waals surface area contributed by atoms with E-state index >= 15 is 0 Å². The van der Waals surface area contributed by atoms with Gasteiger partial charge in [-0.25, -0.2) is 17.5 Å². The SMILES string of the molecule is CCOCC(NS(=O)(=O)c1cc(N)c(F)cc1Br)C(C)C. The highest BCUT2D eigenvalue weighted by Crippen LogP contribution is 2.27. The first-order valence-corrected chi connectivity index (χ1v) is 8.81. The molecule has 5 nitrogen and oxygen atoms in total. The molecule has 0 heterocycles. The van der Waals surface area contributed by atoms with Crippen molar-refractivity contribution in [3.8, 4) is 0 Å². The minimum Gasteiger partial charge on any atom is -0.396 e. The lowest BCUT2D eigenvalue weighted by Gasteiger charge is -2.22. The van der Waals surface area contributed by atoms with Gasteiger partial charge in [0.15, 0.2) is 0 Å². The molecule has 1 unspecified atom stereocenters. The van der Waals surface area contributed by atoms with Crippen LogP contribution in [-0.2, 0) is 14.8 Å². The van der Waals surface area contributed by atoms with E-state index < -0.39 is 15.8 Å². The molecular formula is C13H20BrFN2O3S. The van der Waals surface area contributed by atoms with Crippen molar-refractivity contribution in [2.24, 2.45) is 5.92 Å². The largest absolute Gasteiger partial charge is 0.396 e. The number of hydrogen-bond donors (Lipinski definition) is 2. The molecule has 0 bridgehead atoms. The van der Waals surface area contributed by atoms with E-state index in [1.807, 2.05) is 20.8 Å². The zero-order valence-electron chi connectivity index (χ0n) is 12.2. The number of anilines is 1. The van der Waals surface area contributed by atoms with Crippen LogP contribution >= 0.6 is 15.9 Å². The molecule has 1 aromatic rings. The molecule has 120 valence electrons. The van der Waals surface area contributed by atoms with Crippen molar-refractivity contribution in [1.82, 2.24) is 4.72 Å². The average Bonchev–Trinajstić information content (AvgIpc) is 2.38. The Balaban J connectivity index is 3.07. The zero-order valence-corrected chi connectivity index (χ0v) is 14.6. The summed E-state index contributed by atoms with van der Waals surface area (Å²) in [5.41, 5.74) is 5.23. The van der Waals surface area contributed by atoms with E-state index in [0.717, 1.165) is 12.1 Å². The third kappa shape index (κ3) is 4.91. The number of rotatable bonds is 7. The molecule has 21 heavy (non-hydrogen) atoms. The number of sulfonamides is 1. The number of nitrogens with one attached hydrogen (secondary N) is 1. The molecule has 0 radical (unpaired) electrons. The summed E-state index contributed by atoms with van der Waals surface area (Å²) in [6.07, 6.45) is 0. The molecular weight excluding hydrogens is 363 g/mol. The predicted octanol–water partition coefficient (Wildman–Crippen LogP) is 2.51. The van der Waals surface area contributed by atoms with Crippen LogP contribution < -0.4 is 10.5 Å². The van der Waals surface area contributed by atoms with Gasteiger partial charge in [-0.2, -0.15) is 0 Å². The van der Waals surface area contributed by atoms with Crippen LogP contribution in [0.5, 0.6) is 0 Å². The van der Waals surface area contributed by atoms with Crippen molar-refractivity contribution in [1.29, 1.82) is 0 Å². The highest BCUT2D eigenvalue weighted by molar-refractivity contribution is 9.10. The Labute approximate surface area is 133 Å². The van der Waals surface area contributed by atoms with Crippen LogP contribution in [0, 0.1) is 11.7 Å². The van der Waals surface area contributed by atoms with Gasteiger partial charge in [-0.3, -0.25) is 0 Å². The predicted molar refractivity (Wildman–Crippen MR) is 84.0 cm³/mol. The molecule has 8 heteroatoms. The van der Waals surface area contributed by atoms with Crippen LogP contribution in [-0.4, -0.2) is 27.7 Å². The Hall–Kier alpha value is -0.700. The van der Waals surface area contributed by atoms with E-state index in [1.165, 1.54) is 0 Å². The lowest BCUT2D eigenvalue weighted by atomic mass is 10.1. The van der Waals surface area contributed by atoms with Crippen molar-refractivity contribution in [3.05, 3.63) is 22.4 Å². The molecule has 0 fully saturated rings. The van der Waals surface area contributed by atoms with Crippen molar-refractivity contribution in [2.45, 2.75) is 31.7 Å². The van der Waals surface area contributed by atoms with Gasteiger partial charge in [0.25, 0.3) is 0 Å². The second kappa shape index (κ2) is 7.53. The smallest absolute Gasteiger partial charge is 0.242 e. The first-order chi connectivity index (χ1) is 9.69. The molecule has 0 amide bonds. The maximum atomic E-state index is 13.3. The summed E-state index contributed by atoms with van der Waals surface area (Å²) in [6.45, 7) is 6.38. The summed E-state index contributed by atoms with van der Waals surface area (Å²) in [6, 6.07) is 1.75. The van der Waals surface area contributed by atoms with E-state index in [2.05, 4.69) is 20.7 Å². The molecule has 0 spiro atoms. The van der Waals surface area contributed by atoms with Crippen molar-refractivity contribution in [2.75, 3.05) is 18.9 Å². The Morgan fingerprint density at radius 2 is 2.05 bits per heavy atom. The van der Waals surface area contributed by atoms with Crippen molar-refractivity contribution in [3.63, 3.8) is 0 Å². The number of hydrogen-bond acceptors (Lipinski definition) is 4. The fourth-order valence-corrected chi connectivity index (χ4v) is 4.04. The normalized spacial score (nSPS) is 13.6. The molecule has 0 aliphatic heterocycles. The van der Waals surface area contributed by atoms with Gasteiger partial charge in [0, 0.05) is 17.1 Å². The summed E-state index contributed by atoms with van der Waals surface area (Å²) < 4.78 is 46.1. The van der Waals surface area contributed by atoms with Gasteiger partial charge in [0.05, 0.1) is 17.2 Å². The van der Waals surface area contributed by atoms with Gasteiger partial charge in [-0.15, -0.1) is 0 Å². The van der Waals surface area contributed by atoms with Crippen LogP contribution in [0.1, 0.15) is 20.8 Å². The van der Waals surface area contributed by atoms with Crippen LogP contribution in [0.2, 0.25) is 0 Å². The highest BCUT2D eigenvalue weighted by atomic mass is 79.9. The van der Waals surface area contributed by atoms with Gasteiger partial charge in [-0.1, -0.05) is 13.8 Å². The topological polar surface area (TPSA) is 81.4 Å². The van der Waals surface area contributed by atoms with Crippen LogP contribution in [0.3, 0.4) is 0 Å². The first-order valence-electron chi connectivity index (χ1n) is 6.53. The number of benzene rings is 1. The molecule has 1 atom stereocenters. The average molecular weight is 383 g/mol. The first kappa shape index (κ1) is 18.3. The maximum absolute atomic E-state index is 13.3. The third-order valence-corrected chi connectivity index (χ3v) is 5.40. The summed E-state index contributed by atoms with van der Waals surface area (Å²) in [5.74, 6) is -0.626. The summed E-state index contributed by atoms with van der Waals surface area (Å²) in [7, 11) is -3.83. The quantitative estimate of drug-likeness (QED) is 0.709. The summed E-state index contributed by atoms with van der Waals surface area (Å²) in [5, 5.41) is 0. The Morgan fingerprint density at radius 3 is 2.57 bits per heavy atom. The fourth-order valence-electron chi connectivity index (χ4n) is 1.62. The third-order valence-electron chi connectivity index (χ3n) is 2.95. The maximum Gasteiger partial charge on any atom is 0.242 e. The van der Waals surface area contributed by atoms with Gasteiger partial charge in [-0.05, 0) is 40.9 Å². The van der Waals surface area contributed by atoms with E-state index in [4.69, 9.17) is 10.5 Å². The van der Waals surface area contributed by atoms with Gasteiger partial charge >= 0.3 is 0 Å². The summed E-state index contributed by atoms with van der Waals surface area (Å²) >= 11 is 3.05. The van der Waals surface area contributed by atoms with E-state index in [9.17, 15) is 12.8 Å². The number of nitrogens with two attached hydrogens (primary N) is 1. The Kier molecular flexibility index (Phi) is 6.58. The molecule has 3 N–H and O–H groups in total. The highest BCUT2D eigenvalue weighted by Gasteiger charge is 2.25. The molecule has 0 aliphatic rings. The van der Waals surface area contributed by atoms with E-state index in [0.29, 0.717) is 6.61 Å². The Morgan fingerprint density at radius 1 is 1.43 bits per heavy atom. The summed E-state index contributed by atoms with van der Waals surface area (Å²) in [4.78, 5) is -0.0939. The zero-order chi connectivity index (χ0) is 16.2. The number of halogens is 2. The van der Waals surface area contributed by atoms with Gasteiger partial charge in [0.1, 0.15) is 5.82 Å². The second-order valence-corrected chi connectivity index (χ2v) is 7.47. The molecule has 0 saturated carbocycles. The van der Waals surface area contributed by atoms with Crippen molar-refractivity contribution < 1.29 is 17.5 Å². The molecule has 0 aromatic heterocycles. The Bertz CT molecular complexity index is 593. The fraction of sp³-hybridized carbons (Fsp3) is 0.538. The number of ether oxygens (including phenoxy) is 1. The second-order valence-electron chi connectivity index (χ2n) is 4.94. The van der Waals surface area contributed by atoms with Crippen molar-refractivity contribution >= 4 is 31.6 Å². The minimum absolute atomic E-state index is 0.0443. The van der Waals surface area contributed by atoms with Crippen LogP contribution in [0.4, 0.5) is 10.1 Å².